The van der Waals surface area contributed by atoms with Crippen molar-refractivity contribution in [3.05, 3.63) is 47.1 Å². The standard InChI is InChI=1S/C28H40O3/c1-19(9-7-15-27(3,4)31)24-11-6-12-25-21(10-8-16-28(24,25)5)13-14-22-17-23(29)18-26(30)20(22)2/h11,13-14,19,23,25-26,29-31H,2,6,8-10,12,16-18H2,1,3-5H3/b21-13+,22-14-/t19-,23+,25-,26-,28+/m0/s1. The minimum absolute atomic E-state index is 0.152. The molecular weight excluding hydrogens is 384 g/mol. The highest BCUT2D eigenvalue weighted by atomic mass is 16.3. The lowest BCUT2D eigenvalue weighted by atomic mass is 9.55. The van der Waals surface area contributed by atoms with Crippen LogP contribution in [-0.4, -0.2) is 33.1 Å². The number of aliphatic hydroxyl groups is 3. The molecule has 0 aliphatic heterocycles. The van der Waals surface area contributed by atoms with Crippen LogP contribution in [0.5, 0.6) is 0 Å². The van der Waals surface area contributed by atoms with E-state index in [4.69, 9.17) is 0 Å². The molecular formula is C28H40O3. The zero-order chi connectivity index (χ0) is 22.8. The Balaban J connectivity index is 1.81. The zero-order valence-electron chi connectivity index (χ0n) is 19.7. The molecule has 5 atom stereocenters. The molecule has 2 saturated carbocycles. The second-order valence-corrected chi connectivity index (χ2v) is 10.6. The first-order valence-electron chi connectivity index (χ1n) is 11.9. The third-order valence-electron chi connectivity index (χ3n) is 7.45. The van der Waals surface area contributed by atoms with E-state index in [0.29, 0.717) is 24.7 Å². The molecule has 0 bridgehead atoms. The summed E-state index contributed by atoms with van der Waals surface area (Å²) in [7, 11) is 0. The normalized spacial score (nSPS) is 35.3. The number of hydrogen-bond donors (Lipinski definition) is 3. The van der Waals surface area contributed by atoms with Crippen molar-refractivity contribution in [3.8, 4) is 11.8 Å². The van der Waals surface area contributed by atoms with Crippen LogP contribution < -0.4 is 0 Å². The lowest BCUT2D eigenvalue weighted by molar-refractivity contribution is 0.0862. The molecule has 3 aliphatic rings. The van der Waals surface area contributed by atoms with Gasteiger partial charge in [-0.3, -0.25) is 0 Å². The summed E-state index contributed by atoms with van der Waals surface area (Å²) in [5, 5.41) is 30.1. The average molecular weight is 425 g/mol. The summed E-state index contributed by atoms with van der Waals surface area (Å²) in [6, 6.07) is 0. The number of hydrogen-bond acceptors (Lipinski definition) is 3. The number of fused-ring (bicyclic) bond motifs is 1. The highest BCUT2D eigenvalue weighted by Crippen LogP contribution is 2.55. The van der Waals surface area contributed by atoms with E-state index in [1.165, 1.54) is 30.4 Å². The Kier molecular flexibility index (Phi) is 7.36. The van der Waals surface area contributed by atoms with Crippen molar-refractivity contribution in [2.45, 2.75) is 96.9 Å². The topological polar surface area (TPSA) is 60.7 Å². The lowest BCUT2D eigenvalue weighted by Gasteiger charge is -2.49. The van der Waals surface area contributed by atoms with Gasteiger partial charge in [0, 0.05) is 12.8 Å². The summed E-state index contributed by atoms with van der Waals surface area (Å²) < 4.78 is 0. The van der Waals surface area contributed by atoms with Crippen LogP contribution in [0.1, 0.15) is 79.1 Å². The van der Waals surface area contributed by atoms with Crippen LogP contribution in [-0.2, 0) is 0 Å². The third-order valence-corrected chi connectivity index (χ3v) is 7.45. The maximum Gasteiger partial charge on any atom is 0.119 e. The summed E-state index contributed by atoms with van der Waals surface area (Å²) in [5.41, 5.74) is 3.96. The van der Waals surface area contributed by atoms with E-state index in [9.17, 15) is 15.3 Å². The van der Waals surface area contributed by atoms with Crippen LogP contribution >= 0.6 is 0 Å². The first-order valence-corrected chi connectivity index (χ1v) is 11.9. The van der Waals surface area contributed by atoms with Crippen LogP contribution in [0.3, 0.4) is 0 Å². The van der Waals surface area contributed by atoms with Gasteiger partial charge >= 0.3 is 0 Å². The molecule has 3 N–H and O–H groups in total. The molecule has 0 aromatic heterocycles. The van der Waals surface area contributed by atoms with Crippen LogP contribution in [0.2, 0.25) is 0 Å². The van der Waals surface area contributed by atoms with E-state index in [2.05, 4.69) is 50.5 Å². The third kappa shape index (κ3) is 5.61. The van der Waals surface area contributed by atoms with Crippen molar-refractivity contribution in [1.29, 1.82) is 0 Å². The van der Waals surface area contributed by atoms with E-state index >= 15 is 0 Å². The summed E-state index contributed by atoms with van der Waals surface area (Å²) in [5.74, 6) is 7.07. The minimum Gasteiger partial charge on any atom is -0.393 e. The number of aliphatic hydroxyl groups excluding tert-OH is 2. The first-order chi connectivity index (χ1) is 14.5. The molecule has 0 aromatic carbocycles. The smallest absolute Gasteiger partial charge is 0.119 e. The Morgan fingerprint density at radius 1 is 1.32 bits per heavy atom. The van der Waals surface area contributed by atoms with E-state index < -0.39 is 17.8 Å². The largest absolute Gasteiger partial charge is 0.393 e. The van der Waals surface area contributed by atoms with Crippen molar-refractivity contribution in [2.75, 3.05) is 0 Å². The number of allylic oxidation sites excluding steroid dienone is 5. The molecule has 31 heavy (non-hydrogen) atoms. The first kappa shape index (κ1) is 24.1. The lowest BCUT2D eigenvalue weighted by Crippen LogP contribution is -2.38. The van der Waals surface area contributed by atoms with E-state index in [1.54, 1.807) is 13.8 Å². The van der Waals surface area contributed by atoms with Crippen LogP contribution in [0.15, 0.2) is 47.1 Å². The van der Waals surface area contributed by atoms with Gasteiger partial charge in [-0.15, -0.1) is 0 Å². The SMILES string of the molecule is C=C1/C(=C\C=C2/CCC[C@]3(C)C([C@@H](C)CC#CC(C)(C)O)=CCC[C@@H]23)C[C@@H](O)C[C@@H]1O. The zero-order valence-corrected chi connectivity index (χ0v) is 19.7. The predicted molar refractivity (Wildman–Crippen MR) is 127 cm³/mol. The van der Waals surface area contributed by atoms with Gasteiger partial charge in [0.2, 0.25) is 0 Å². The van der Waals surface area contributed by atoms with Gasteiger partial charge in [-0.25, -0.2) is 0 Å². The molecule has 0 aromatic rings. The Morgan fingerprint density at radius 2 is 2.06 bits per heavy atom. The molecule has 0 saturated heterocycles. The summed E-state index contributed by atoms with van der Waals surface area (Å²) in [4.78, 5) is 0. The molecule has 0 amide bonds. The van der Waals surface area contributed by atoms with Crippen molar-refractivity contribution in [3.63, 3.8) is 0 Å². The van der Waals surface area contributed by atoms with Gasteiger partial charge in [0.15, 0.2) is 0 Å². The van der Waals surface area contributed by atoms with Crippen molar-refractivity contribution in [2.24, 2.45) is 17.3 Å². The van der Waals surface area contributed by atoms with E-state index in [0.717, 1.165) is 30.4 Å². The quantitative estimate of drug-likeness (QED) is 0.429. The summed E-state index contributed by atoms with van der Waals surface area (Å²) in [6.45, 7) is 12.2. The van der Waals surface area contributed by atoms with Crippen LogP contribution in [0.4, 0.5) is 0 Å². The van der Waals surface area contributed by atoms with Gasteiger partial charge in [-0.1, -0.05) is 61.6 Å². The molecule has 0 spiro atoms. The summed E-state index contributed by atoms with van der Waals surface area (Å²) in [6.07, 6.45) is 13.2. The molecule has 3 nitrogen and oxygen atoms in total. The van der Waals surface area contributed by atoms with Gasteiger partial charge in [-0.05, 0) is 80.8 Å². The molecule has 0 heterocycles. The molecule has 2 fully saturated rings. The fraction of sp³-hybridized carbons (Fsp3) is 0.643. The number of rotatable bonds is 3. The van der Waals surface area contributed by atoms with Gasteiger partial charge in [0.05, 0.1) is 12.2 Å². The van der Waals surface area contributed by atoms with Gasteiger partial charge in [0.1, 0.15) is 5.60 Å². The maximum atomic E-state index is 10.1. The fourth-order valence-corrected chi connectivity index (χ4v) is 5.86. The Hall–Kier alpha value is -1.60. The Morgan fingerprint density at radius 3 is 2.77 bits per heavy atom. The van der Waals surface area contributed by atoms with Crippen LogP contribution in [0.25, 0.3) is 0 Å². The fourth-order valence-electron chi connectivity index (χ4n) is 5.86. The van der Waals surface area contributed by atoms with E-state index in [-0.39, 0.29) is 5.41 Å². The predicted octanol–water partition coefficient (Wildman–Crippen LogP) is 5.24. The van der Waals surface area contributed by atoms with Gasteiger partial charge in [-0.2, -0.15) is 0 Å². The second kappa shape index (κ2) is 9.49. The molecule has 3 aliphatic carbocycles. The maximum absolute atomic E-state index is 10.1. The molecule has 0 unspecified atom stereocenters. The highest BCUT2D eigenvalue weighted by Gasteiger charge is 2.44. The van der Waals surface area contributed by atoms with Crippen molar-refractivity contribution >= 4 is 0 Å². The Labute approximate surface area is 188 Å². The van der Waals surface area contributed by atoms with E-state index in [1.807, 2.05) is 0 Å². The minimum atomic E-state index is -0.939. The van der Waals surface area contributed by atoms with Crippen LogP contribution in [0, 0.1) is 29.1 Å². The average Bonchev–Trinajstić information content (AvgIpc) is 2.67. The van der Waals surface area contributed by atoms with Gasteiger partial charge < -0.3 is 15.3 Å². The molecule has 3 heteroatoms. The van der Waals surface area contributed by atoms with Gasteiger partial charge in [0.25, 0.3) is 0 Å². The highest BCUT2D eigenvalue weighted by molar-refractivity contribution is 5.39. The molecule has 0 radical (unpaired) electrons. The monoisotopic (exact) mass is 424 g/mol. The molecule has 170 valence electrons. The van der Waals surface area contributed by atoms with Crippen molar-refractivity contribution < 1.29 is 15.3 Å². The second-order valence-electron chi connectivity index (χ2n) is 10.6. The van der Waals surface area contributed by atoms with Crippen molar-refractivity contribution in [1.82, 2.24) is 0 Å². The summed E-state index contributed by atoms with van der Waals surface area (Å²) >= 11 is 0. The Bertz CT molecular complexity index is 842. The molecule has 3 rings (SSSR count).